The van der Waals surface area contributed by atoms with Gasteiger partial charge in [0.2, 0.25) is 5.91 Å². The van der Waals surface area contributed by atoms with E-state index >= 15 is 0 Å². The fourth-order valence-electron chi connectivity index (χ4n) is 2.24. The first-order valence-corrected chi connectivity index (χ1v) is 7.78. The highest BCUT2D eigenvalue weighted by Crippen LogP contribution is 2.23. The summed E-state index contributed by atoms with van der Waals surface area (Å²) in [5.41, 5.74) is 2.73. The second-order valence-corrected chi connectivity index (χ2v) is 5.56. The first-order valence-electron chi connectivity index (χ1n) is 7.40. The molecule has 0 atom stereocenters. The van der Waals surface area contributed by atoms with E-state index in [1.54, 1.807) is 35.3 Å². The van der Waals surface area contributed by atoms with E-state index in [0.717, 1.165) is 11.3 Å². The van der Waals surface area contributed by atoms with Crippen LogP contribution in [-0.4, -0.2) is 27.2 Å². The zero-order valence-corrected chi connectivity index (χ0v) is 13.9. The lowest BCUT2D eigenvalue weighted by Crippen LogP contribution is -2.22. The number of amides is 1. The number of anilines is 2. The summed E-state index contributed by atoms with van der Waals surface area (Å²) in [6, 6.07) is 12.4. The lowest BCUT2D eigenvalue weighted by atomic mass is 10.2. The van der Waals surface area contributed by atoms with Gasteiger partial charge in [-0.1, -0.05) is 23.6 Å². The standard InChI is InChI=1S/C18H14ClN5O/c1-2-13-4-3-5-15(8-13)21-10-18(25)23-16-9-14(19)6-7-17(16)24-12-20-11-22-24/h1,3-9,11-12,21H,10H2,(H,23,25). The Kier molecular flexibility index (Phi) is 4.97. The molecule has 0 bridgehead atoms. The summed E-state index contributed by atoms with van der Waals surface area (Å²) in [6.45, 7) is 0.0807. The Morgan fingerprint density at radius 2 is 2.16 bits per heavy atom. The van der Waals surface area contributed by atoms with Crippen LogP contribution in [0.5, 0.6) is 0 Å². The van der Waals surface area contributed by atoms with Gasteiger partial charge in [-0.3, -0.25) is 4.79 Å². The normalized spacial score (nSPS) is 10.1. The van der Waals surface area contributed by atoms with Crippen LogP contribution in [0.1, 0.15) is 5.56 Å². The van der Waals surface area contributed by atoms with Gasteiger partial charge in [0.05, 0.1) is 17.9 Å². The molecule has 0 saturated heterocycles. The second-order valence-electron chi connectivity index (χ2n) is 5.13. The third kappa shape index (κ3) is 4.16. The highest BCUT2D eigenvalue weighted by molar-refractivity contribution is 6.31. The average molecular weight is 352 g/mol. The Balaban J connectivity index is 1.71. The Morgan fingerprint density at radius 1 is 1.28 bits per heavy atom. The van der Waals surface area contributed by atoms with Crippen LogP contribution in [-0.2, 0) is 4.79 Å². The average Bonchev–Trinajstić information content (AvgIpc) is 3.15. The SMILES string of the molecule is C#Cc1cccc(NCC(=O)Nc2cc(Cl)ccc2-n2cncn2)c1. The second kappa shape index (κ2) is 7.51. The van der Waals surface area contributed by atoms with E-state index in [9.17, 15) is 4.79 Å². The molecule has 0 unspecified atom stereocenters. The molecule has 0 saturated carbocycles. The van der Waals surface area contributed by atoms with Crippen molar-refractivity contribution >= 4 is 28.9 Å². The largest absolute Gasteiger partial charge is 0.376 e. The van der Waals surface area contributed by atoms with Crippen LogP contribution in [0.2, 0.25) is 5.02 Å². The first kappa shape index (κ1) is 16.6. The molecule has 0 fully saturated rings. The van der Waals surface area contributed by atoms with Gasteiger partial charge in [-0.15, -0.1) is 6.42 Å². The number of nitrogens with one attached hydrogen (secondary N) is 2. The Labute approximate surface area is 149 Å². The van der Waals surface area contributed by atoms with Gasteiger partial charge in [-0.2, -0.15) is 5.10 Å². The third-order valence-electron chi connectivity index (χ3n) is 3.38. The predicted molar refractivity (Wildman–Crippen MR) is 97.9 cm³/mol. The Bertz CT molecular complexity index is 931. The monoisotopic (exact) mass is 351 g/mol. The molecule has 0 radical (unpaired) electrons. The number of carbonyl (C=O) groups is 1. The molecule has 2 N–H and O–H groups in total. The number of terminal acetylenes is 1. The van der Waals surface area contributed by atoms with Crippen molar-refractivity contribution in [2.75, 3.05) is 17.2 Å². The van der Waals surface area contributed by atoms with Gasteiger partial charge in [-0.25, -0.2) is 9.67 Å². The molecule has 0 aliphatic carbocycles. The number of nitrogens with zero attached hydrogens (tertiary/aromatic N) is 3. The zero-order chi connectivity index (χ0) is 17.6. The summed E-state index contributed by atoms with van der Waals surface area (Å²) in [5, 5.41) is 10.4. The van der Waals surface area contributed by atoms with Crippen molar-refractivity contribution in [1.29, 1.82) is 0 Å². The lowest BCUT2D eigenvalue weighted by Gasteiger charge is -2.12. The molecular formula is C18H14ClN5O. The van der Waals surface area contributed by atoms with Gasteiger partial charge >= 0.3 is 0 Å². The molecule has 0 spiro atoms. The smallest absolute Gasteiger partial charge is 0.243 e. The van der Waals surface area contributed by atoms with Crippen LogP contribution in [0.25, 0.3) is 5.69 Å². The predicted octanol–water partition coefficient (Wildman–Crippen LogP) is 2.95. The van der Waals surface area contributed by atoms with Crippen molar-refractivity contribution in [2.45, 2.75) is 0 Å². The molecule has 1 heterocycles. The van der Waals surface area contributed by atoms with Crippen LogP contribution in [0, 0.1) is 12.3 Å². The third-order valence-corrected chi connectivity index (χ3v) is 3.62. The number of halogens is 1. The molecule has 25 heavy (non-hydrogen) atoms. The van der Waals surface area contributed by atoms with E-state index in [0.29, 0.717) is 16.4 Å². The van der Waals surface area contributed by atoms with Crippen molar-refractivity contribution in [2.24, 2.45) is 0 Å². The van der Waals surface area contributed by atoms with Crippen molar-refractivity contribution in [3.05, 3.63) is 65.7 Å². The maximum atomic E-state index is 12.3. The van der Waals surface area contributed by atoms with Crippen molar-refractivity contribution in [3.63, 3.8) is 0 Å². The number of hydrogen-bond acceptors (Lipinski definition) is 4. The zero-order valence-electron chi connectivity index (χ0n) is 13.1. The molecule has 1 aromatic heterocycles. The van der Waals surface area contributed by atoms with E-state index in [2.05, 4.69) is 26.6 Å². The number of aromatic nitrogens is 3. The van der Waals surface area contributed by atoms with E-state index in [4.69, 9.17) is 18.0 Å². The van der Waals surface area contributed by atoms with Crippen LogP contribution in [0.4, 0.5) is 11.4 Å². The van der Waals surface area contributed by atoms with Crippen LogP contribution in [0.3, 0.4) is 0 Å². The minimum atomic E-state index is -0.227. The molecule has 3 rings (SSSR count). The molecule has 6 nitrogen and oxygen atoms in total. The number of benzene rings is 2. The Hall–Kier alpha value is -3.30. The molecule has 0 aliphatic heterocycles. The number of hydrogen-bond donors (Lipinski definition) is 2. The molecule has 7 heteroatoms. The molecular weight excluding hydrogens is 338 g/mol. The van der Waals surface area contributed by atoms with Crippen molar-refractivity contribution < 1.29 is 4.79 Å². The van der Waals surface area contributed by atoms with Crippen molar-refractivity contribution in [1.82, 2.24) is 14.8 Å². The fraction of sp³-hybridized carbons (Fsp3) is 0.0556. The molecule has 2 aromatic carbocycles. The lowest BCUT2D eigenvalue weighted by molar-refractivity contribution is -0.114. The molecule has 124 valence electrons. The summed E-state index contributed by atoms with van der Waals surface area (Å²) >= 11 is 6.04. The molecule has 3 aromatic rings. The Morgan fingerprint density at radius 3 is 2.92 bits per heavy atom. The number of carbonyl (C=O) groups excluding carboxylic acids is 1. The van der Waals surface area contributed by atoms with Gasteiger partial charge in [0.25, 0.3) is 0 Å². The van der Waals surface area contributed by atoms with Gasteiger partial charge in [0.1, 0.15) is 12.7 Å². The summed E-state index contributed by atoms with van der Waals surface area (Å²) in [4.78, 5) is 16.2. The molecule has 1 amide bonds. The van der Waals surface area contributed by atoms with Gasteiger partial charge in [-0.05, 0) is 36.4 Å². The van der Waals surface area contributed by atoms with Crippen LogP contribution < -0.4 is 10.6 Å². The maximum absolute atomic E-state index is 12.3. The molecule has 0 aliphatic rings. The summed E-state index contributed by atoms with van der Waals surface area (Å²) in [5.74, 6) is 2.33. The van der Waals surface area contributed by atoms with Crippen LogP contribution in [0.15, 0.2) is 55.1 Å². The quantitative estimate of drug-likeness (QED) is 0.693. The first-order chi connectivity index (χ1) is 12.2. The van der Waals surface area contributed by atoms with Gasteiger partial charge in [0.15, 0.2) is 0 Å². The summed E-state index contributed by atoms with van der Waals surface area (Å²) in [7, 11) is 0. The fourth-order valence-corrected chi connectivity index (χ4v) is 2.41. The van der Waals surface area contributed by atoms with Crippen molar-refractivity contribution in [3.8, 4) is 18.0 Å². The maximum Gasteiger partial charge on any atom is 0.243 e. The minimum absolute atomic E-state index is 0.0807. The van der Waals surface area contributed by atoms with Gasteiger partial charge < -0.3 is 10.6 Å². The van der Waals surface area contributed by atoms with Gasteiger partial charge in [0, 0.05) is 16.3 Å². The summed E-state index contributed by atoms with van der Waals surface area (Å²) in [6.07, 6.45) is 8.33. The van der Waals surface area contributed by atoms with E-state index in [1.165, 1.54) is 6.33 Å². The number of rotatable bonds is 5. The highest BCUT2D eigenvalue weighted by Gasteiger charge is 2.10. The highest BCUT2D eigenvalue weighted by atomic mass is 35.5. The minimum Gasteiger partial charge on any atom is -0.376 e. The van der Waals surface area contributed by atoms with E-state index in [1.807, 2.05) is 18.2 Å². The van der Waals surface area contributed by atoms with E-state index < -0.39 is 0 Å². The topological polar surface area (TPSA) is 71.8 Å². The van der Waals surface area contributed by atoms with Crippen LogP contribution >= 0.6 is 11.6 Å². The summed E-state index contributed by atoms with van der Waals surface area (Å²) < 4.78 is 1.55. The van der Waals surface area contributed by atoms with E-state index in [-0.39, 0.29) is 12.5 Å².